The van der Waals surface area contributed by atoms with Crippen LogP contribution in [0.4, 0.5) is 5.69 Å². The van der Waals surface area contributed by atoms with E-state index in [1.807, 2.05) is 0 Å². The molecule has 2 N–H and O–H groups in total. The largest absolute Gasteiger partial charge is 0.451 e. The molecule has 3 aromatic rings. The molecule has 1 heterocycles. The van der Waals surface area contributed by atoms with E-state index in [0.29, 0.717) is 32.1 Å². The van der Waals surface area contributed by atoms with Crippen molar-refractivity contribution in [3.63, 3.8) is 0 Å². The third kappa shape index (κ3) is 4.37. The van der Waals surface area contributed by atoms with E-state index < -0.39 is 5.91 Å². The molecule has 4 nitrogen and oxygen atoms in total. The summed E-state index contributed by atoms with van der Waals surface area (Å²) in [5, 5.41) is 6.85. The van der Waals surface area contributed by atoms with Crippen molar-refractivity contribution in [2.24, 2.45) is 0 Å². The van der Waals surface area contributed by atoms with Crippen LogP contribution < -0.4 is 10.6 Å². The van der Waals surface area contributed by atoms with Gasteiger partial charge in [-0.15, -0.1) is 0 Å². The summed E-state index contributed by atoms with van der Waals surface area (Å²) < 4.78 is 5.57. The van der Waals surface area contributed by atoms with Crippen LogP contribution in [0.15, 0.2) is 59.0 Å². The molecule has 0 atom stereocenters. The summed E-state index contributed by atoms with van der Waals surface area (Å²) in [6.45, 7) is 0. The predicted octanol–water partition coefficient (Wildman–Crippen LogP) is 6.03. The van der Waals surface area contributed by atoms with Gasteiger partial charge in [-0.05, 0) is 54.7 Å². The van der Waals surface area contributed by atoms with Crippen molar-refractivity contribution in [1.29, 1.82) is 0 Å². The molecule has 0 radical (unpaired) electrons. The highest BCUT2D eigenvalue weighted by Gasteiger charge is 2.16. The van der Waals surface area contributed by atoms with Gasteiger partial charge in [0.1, 0.15) is 5.76 Å². The van der Waals surface area contributed by atoms with Crippen molar-refractivity contribution in [3.8, 4) is 11.3 Å². The summed E-state index contributed by atoms with van der Waals surface area (Å²) in [5.74, 6) is 0.0246. The quantitative estimate of drug-likeness (QED) is 0.503. The first-order valence-corrected chi connectivity index (χ1v) is 8.90. The lowest BCUT2D eigenvalue weighted by Gasteiger charge is -2.08. The van der Waals surface area contributed by atoms with Gasteiger partial charge in [0, 0.05) is 16.3 Å². The molecule has 0 aliphatic rings. The zero-order chi connectivity index (χ0) is 18.7. The predicted molar refractivity (Wildman–Crippen MR) is 109 cm³/mol. The maximum absolute atomic E-state index is 12.3. The standard InChI is InChI=1S/C18H11Cl3N2O2S/c19-10-3-1-4-11(9-10)22-18(26)23-17(24)15-8-7-14(25-15)12-5-2-6-13(20)16(12)21/h1-9H,(H2,22,23,24,26). The number of carbonyl (C=O) groups excluding carboxylic acids is 1. The van der Waals surface area contributed by atoms with Gasteiger partial charge in [0.15, 0.2) is 10.9 Å². The van der Waals surface area contributed by atoms with Gasteiger partial charge < -0.3 is 9.73 Å². The number of carbonyl (C=O) groups is 1. The average molecular weight is 426 g/mol. The first kappa shape index (κ1) is 18.7. The van der Waals surface area contributed by atoms with E-state index in [4.69, 9.17) is 51.4 Å². The number of thiocarbonyl (C=S) groups is 1. The highest BCUT2D eigenvalue weighted by Crippen LogP contribution is 2.34. The third-order valence-electron chi connectivity index (χ3n) is 3.36. The summed E-state index contributed by atoms with van der Waals surface area (Å²) in [7, 11) is 0. The van der Waals surface area contributed by atoms with Gasteiger partial charge >= 0.3 is 0 Å². The second-order valence-electron chi connectivity index (χ2n) is 5.18. The number of hydrogen-bond acceptors (Lipinski definition) is 3. The van der Waals surface area contributed by atoms with Gasteiger partial charge in [-0.3, -0.25) is 10.1 Å². The Morgan fingerprint density at radius 2 is 1.77 bits per heavy atom. The highest BCUT2D eigenvalue weighted by molar-refractivity contribution is 7.80. The van der Waals surface area contributed by atoms with Crippen LogP contribution in [0.1, 0.15) is 10.6 Å². The molecule has 0 aliphatic carbocycles. The fraction of sp³-hybridized carbons (Fsp3) is 0. The van der Waals surface area contributed by atoms with Crippen LogP contribution in [0.3, 0.4) is 0 Å². The van der Waals surface area contributed by atoms with Gasteiger partial charge in [-0.1, -0.05) is 46.9 Å². The smallest absolute Gasteiger partial charge is 0.293 e. The van der Waals surface area contributed by atoms with Crippen LogP contribution in [0.25, 0.3) is 11.3 Å². The summed E-state index contributed by atoms with van der Waals surface area (Å²) in [5.41, 5.74) is 1.26. The summed E-state index contributed by atoms with van der Waals surface area (Å²) in [6, 6.07) is 15.3. The van der Waals surface area contributed by atoms with Crippen molar-refractivity contribution in [2.45, 2.75) is 0 Å². The van der Waals surface area contributed by atoms with Crippen molar-refractivity contribution in [3.05, 3.63) is 75.4 Å². The fourth-order valence-electron chi connectivity index (χ4n) is 2.19. The van der Waals surface area contributed by atoms with E-state index in [0.717, 1.165) is 0 Å². The van der Waals surface area contributed by atoms with Crippen LogP contribution in [0, 0.1) is 0 Å². The number of hydrogen-bond donors (Lipinski definition) is 2. The minimum absolute atomic E-state index is 0.0892. The van der Waals surface area contributed by atoms with E-state index in [2.05, 4.69) is 10.6 Å². The molecule has 0 unspecified atom stereocenters. The van der Waals surface area contributed by atoms with Crippen LogP contribution in [-0.2, 0) is 0 Å². The second kappa shape index (κ2) is 8.10. The molecule has 0 spiro atoms. The Balaban J connectivity index is 1.70. The Morgan fingerprint density at radius 3 is 2.54 bits per heavy atom. The van der Waals surface area contributed by atoms with Crippen LogP contribution >= 0.6 is 47.0 Å². The van der Waals surface area contributed by atoms with Gasteiger partial charge in [-0.2, -0.15) is 0 Å². The molecule has 0 saturated carbocycles. The number of nitrogens with one attached hydrogen (secondary N) is 2. The monoisotopic (exact) mass is 424 g/mol. The molecule has 1 amide bonds. The Morgan fingerprint density at radius 1 is 1.00 bits per heavy atom. The van der Waals surface area contributed by atoms with Crippen molar-refractivity contribution >= 4 is 63.7 Å². The number of halogens is 3. The van der Waals surface area contributed by atoms with E-state index in [-0.39, 0.29) is 10.9 Å². The molecule has 1 aromatic heterocycles. The van der Waals surface area contributed by atoms with E-state index >= 15 is 0 Å². The topological polar surface area (TPSA) is 54.3 Å². The van der Waals surface area contributed by atoms with Crippen molar-refractivity contribution < 1.29 is 9.21 Å². The van der Waals surface area contributed by atoms with Gasteiger partial charge in [-0.25, -0.2) is 0 Å². The summed E-state index contributed by atoms with van der Waals surface area (Å²) >= 11 is 23.2. The van der Waals surface area contributed by atoms with E-state index in [1.54, 1.807) is 48.5 Å². The van der Waals surface area contributed by atoms with Crippen molar-refractivity contribution in [2.75, 3.05) is 5.32 Å². The fourth-order valence-corrected chi connectivity index (χ4v) is 2.99. The molecule has 8 heteroatoms. The van der Waals surface area contributed by atoms with Gasteiger partial charge in [0.25, 0.3) is 5.91 Å². The van der Waals surface area contributed by atoms with Crippen LogP contribution in [0.2, 0.25) is 15.1 Å². The van der Waals surface area contributed by atoms with E-state index in [9.17, 15) is 4.79 Å². The Labute approximate surface area is 170 Å². The molecule has 26 heavy (non-hydrogen) atoms. The van der Waals surface area contributed by atoms with Gasteiger partial charge in [0.2, 0.25) is 0 Å². The molecule has 2 aromatic carbocycles. The SMILES string of the molecule is O=C(NC(=S)Nc1cccc(Cl)c1)c1ccc(-c2cccc(Cl)c2Cl)o1. The maximum atomic E-state index is 12.3. The molecular formula is C18H11Cl3N2O2S. The lowest BCUT2D eigenvalue weighted by atomic mass is 10.2. The number of rotatable bonds is 3. The maximum Gasteiger partial charge on any atom is 0.293 e. The average Bonchev–Trinajstić information content (AvgIpc) is 3.07. The molecule has 0 saturated heterocycles. The summed E-state index contributed by atoms with van der Waals surface area (Å²) in [6.07, 6.45) is 0. The molecule has 0 fully saturated rings. The zero-order valence-electron chi connectivity index (χ0n) is 13.1. The second-order valence-corrected chi connectivity index (χ2v) is 6.81. The molecule has 3 rings (SSSR count). The minimum Gasteiger partial charge on any atom is -0.451 e. The highest BCUT2D eigenvalue weighted by atomic mass is 35.5. The molecule has 132 valence electrons. The first-order chi connectivity index (χ1) is 12.4. The molecule has 0 aliphatic heterocycles. The lowest BCUT2D eigenvalue weighted by molar-refractivity contribution is 0.0951. The van der Waals surface area contributed by atoms with Crippen LogP contribution in [0.5, 0.6) is 0 Å². The minimum atomic E-state index is -0.492. The Bertz CT molecular complexity index is 988. The van der Waals surface area contributed by atoms with Crippen LogP contribution in [-0.4, -0.2) is 11.0 Å². The number of furan rings is 1. The Kier molecular flexibility index (Phi) is 5.84. The van der Waals surface area contributed by atoms with Crippen molar-refractivity contribution in [1.82, 2.24) is 5.32 Å². The van der Waals surface area contributed by atoms with E-state index in [1.165, 1.54) is 6.07 Å². The normalized spacial score (nSPS) is 10.4. The van der Waals surface area contributed by atoms with Gasteiger partial charge in [0.05, 0.1) is 10.0 Å². The Hall–Kier alpha value is -2.05. The molecular weight excluding hydrogens is 415 g/mol. The lowest BCUT2D eigenvalue weighted by Crippen LogP contribution is -2.33. The number of amides is 1. The third-order valence-corrected chi connectivity index (χ3v) is 4.61. The zero-order valence-corrected chi connectivity index (χ0v) is 16.1. The number of benzene rings is 2. The summed E-state index contributed by atoms with van der Waals surface area (Å²) in [4.78, 5) is 12.3. The molecule has 0 bridgehead atoms. The number of anilines is 1. The first-order valence-electron chi connectivity index (χ1n) is 7.36.